The van der Waals surface area contributed by atoms with Crippen LogP contribution in [0, 0.1) is 5.92 Å². The van der Waals surface area contributed by atoms with Crippen molar-refractivity contribution in [1.29, 1.82) is 0 Å². The fourth-order valence-corrected chi connectivity index (χ4v) is 2.94. The number of nitrogens with zero attached hydrogens (tertiary/aromatic N) is 2. The molecule has 3 rings (SSSR count). The van der Waals surface area contributed by atoms with Gasteiger partial charge in [-0.05, 0) is 37.1 Å². The first kappa shape index (κ1) is 19.5. The van der Waals surface area contributed by atoms with Gasteiger partial charge in [0.1, 0.15) is 18.1 Å². The van der Waals surface area contributed by atoms with Crippen LogP contribution in [0.3, 0.4) is 0 Å². The largest absolute Gasteiger partial charge is 0.492 e. The van der Waals surface area contributed by atoms with Gasteiger partial charge in [0, 0.05) is 0 Å². The molecule has 2 amide bonds. The number of nitrogen functional groups attached to an aromatic ring is 1. The summed E-state index contributed by atoms with van der Waals surface area (Å²) in [5.74, 6) is 0.709. The molecule has 0 radical (unpaired) electrons. The molecule has 2 heterocycles. The smallest absolute Gasteiger partial charge is 0.270 e. The monoisotopic (exact) mass is 384 g/mol. The number of pyridine rings is 1. The second-order valence-electron chi connectivity index (χ2n) is 6.74. The third kappa shape index (κ3) is 4.00. The lowest BCUT2D eigenvalue weighted by atomic mass is 10.0. The average molecular weight is 384 g/mol. The minimum absolute atomic E-state index is 0.0672. The molecule has 1 aromatic heterocycles. The summed E-state index contributed by atoms with van der Waals surface area (Å²) in [5.41, 5.74) is 6.31. The van der Waals surface area contributed by atoms with E-state index in [1.54, 1.807) is 30.3 Å². The molecule has 0 aliphatic carbocycles. The minimum atomic E-state index is -0.693. The third-order valence-corrected chi connectivity index (χ3v) is 4.25. The van der Waals surface area contributed by atoms with Crippen LogP contribution in [-0.2, 0) is 9.59 Å². The molecule has 148 valence electrons. The maximum atomic E-state index is 12.9. The number of carbonyl (C=O) groups is 2. The van der Waals surface area contributed by atoms with Crippen molar-refractivity contribution in [3.05, 3.63) is 36.4 Å². The maximum absolute atomic E-state index is 12.9. The molecule has 0 spiro atoms. The molecule has 0 fully saturated rings. The number of carbonyl (C=O) groups excluding carboxylic acids is 2. The summed E-state index contributed by atoms with van der Waals surface area (Å²) in [7, 11) is 0. The molecule has 1 aliphatic rings. The summed E-state index contributed by atoms with van der Waals surface area (Å²) in [6.07, 6.45) is -0.693. The molecule has 1 aliphatic heterocycles. The summed E-state index contributed by atoms with van der Waals surface area (Å²) in [6, 6.07) is 10.4. The molecule has 1 aromatic carbocycles. The zero-order chi connectivity index (χ0) is 20.3. The van der Waals surface area contributed by atoms with Gasteiger partial charge in [-0.3, -0.25) is 14.5 Å². The van der Waals surface area contributed by atoms with Crippen LogP contribution in [0.2, 0.25) is 0 Å². The lowest BCUT2D eigenvalue weighted by Crippen LogP contribution is -2.51. The van der Waals surface area contributed by atoms with Crippen molar-refractivity contribution >= 4 is 29.1 Å². The van der Waals surface area contributed by atoms with Crippen LogP contribution in [0.25, 0.3) is 0 Å². The molecular formula is C20H24N4O4. The van der Waals surface area contributed by atoms with E-state index in [9.17, 15) is 9.59 Å². The number of amides is 2. The molecule has 28 heavy (non-hydrogen) atoms. The highest BCUT2D eigenvalue weighted by Gasteiger charge is 2.38. The molecule has 0 bridgehead atoms. The van der Waals surface area contributed by atoms with Crippen molar-refractivity contribution in [2.75, 3.05) is 29.1 Å². The number of nitrogens with one attached hydrogen (secondary N) is 1. The van der Waals surface area contributed by atoms with Crippen LogP contribution in [-0.4, -0.2) is 36.1 Å². The molecule has 3 N–H and O–H groups in total. The molecule has 1 atom stereocenters. The number of ether oxygens (including phenoxy) is 2. The first-order valence-electron chi connectivity index (χ1n) is 9.17. The van der Waals surface area contributed by atoms with Crippen molar-refractivity contribution in [3.8, 4) is 11.5 Å². The van der Waals surface area contributed by atoms with E-state index < -0.39 is 6.10 Å². The Balaban J connectivity index is 1.85. The number of para-hydroxylation sites is 2. The summed E-state index contributed by atoms with van der Waals surface area (Å²) in [6.45, 7) is 5.89. The van der Waals surface area contributed by atoms with Crippen LogP contribution in [0.5, 0.6) is 11.5 Å². The quantitative estimate of drug-likeness (QED) is 0.792. The van der Waals surface area contributed by atoms with Gasteiger partial charge in [0.2, 0.25) is 5.91 Å². The number of anilines is 3. The summed E-state index contributed by atoms with van der Waals surface area (Å²) >= 11 is 0. The number of hydrogen-bond donors (Lipinski definition) is 2. The molecule has 1 unspecified atom stereocenters. The van der Waals surface area contributed by atoms with Crippen LogP contribution in [0.1, 0.15) is 20.8 Å². The standard InChI is InChI=1S/C20H24N4O4/c1-4-27-14-8-6-5-7-13(14)22-17(25)11-24-19-15(9-10-16(21)23-19)28-18(12(2)3)20(24)26/h5-10,12,18H,4,11H2,1-3H3,(H2,21,23)(H,22,25). The van der Waals surface area contributed by atoms with Crippen molar-refractivity contribution in [3.63, 3.8) is 0 Å². The fourth-order valence-electron chi connectivity index (χ4n) is 2.94. The van der Waals surface area contributed by atoms with E-state index in [-0.39, 0.29) is 35.9 Å². The third-order valence-electron chi connectivity index (χ3n) is 4.25. The Morgan fingerprint density at radius 1 is 1.32 bits per heavy atom. The van der Waals surface area contributed by atoms with Gasteiger partial charge >= 0.3 is 0 Å². The second kappa shape index (κ2) is 8.16. The Bertz CT molecular complexity index is 884. The minimum Gasteiger partial charge on any atom is -0.492 e. The van der Waals surface area contributed by atoms with Crippen LogP contribution >= 0.6 is 0 Å². The zero-order valence-electron chi connectivity index (χ0n) is 16.1. The Morgan fingerprint density at radius 3 is 2.79 bits per heavy atom. The number of aromatic nitrogens is 1. The summed E-state index contributed by atoms with van der Waals surface area (Å²) in [5, 5.41) is 2.80. The number of rotatable bonds is 6. The predicted molar refractivity (Wildman–Crippen MR) is 106 cm³/mol. The van der Waals surface area contributed by atoms with Crippen LogP contribution in [0.15, 0.2) is 36.4 Å². The molecule has 0 saturated carbocycles. The van der Waals surface area contributed by atoms with Gasteiger partial charge in [-0.1, -0.05) is 26.0 Å². The summed E-state index contributed by atoms with van der Waals surface area (Å²) < 4.78 is 11.3. The van der Waals surface area contributed by atoms with Gasteiger partial charge in [0.05, 0.1) is 12.3 Å². The topological polar surface area (TPSA) is 107 Å². The molecule has 8 heteroatoms. The van der Waals surface area contributed by atoms with E-state index in [2.05, 4.69) is 10.3 Å². The van der Waals surface area contributed by atoms with Gasteiger partial charge in [0.25, 0.3) is 5.91 Å². The van der Waals surface area contributed by atoms with E-state index in [0.717, 1.165) is 0 Å². The highest BCUT2D eigenvalue weighted by molar-refractivity contribution is 6.06. The Morgan fingerprint density at radius 2 is 2.07 bits per heavy atom. The fraction of sp³-hybridized carbons (Fsp3) is 0.350. The maximum Gasteiger partial charge on any atom is 0.270 e. The molecule has 8 nitrogen and oxygen atoms in total. The number of benzene rings is 1. The predicted octanol–water partition coefficient (Wildman–Crippen LogP) is 2.45. The first-order chi connectivity index (χ1) is 13.4. The van der Waals surface area contributed by atoms with Crippen LogP contribution < -0.4 is 25.4 Å². The van der Waals surface area contributed by atoms with Crippen molar-refractivity contribution in [2.45, 2.75) is 26.9 Å². The van der Waals surface area contributed by atoms with E-state index in [4.69, 9.17) is 15.2 Å². The second-order valence-corrected chi connectivity index (χ2v) is 6.74. The van der Waals surface area contributed by atoms with Crippen molar-refractivity contribution < 1.29 is 19.1 Å². The van der Waals surface area contributed by atoms with Crippen LogP contribution in [0.4, 0.5) is 17.3 Å². The highest BCUT2D eigenvalue weighted by atomic mass is 16.5. The summed E-state index contributed by atoms with van der Waals surface area (Å²) in [4.78, 5) is 31.1. The van der Waals surface area contributed by atoms with E-state index in [1.165, 1.54) is 4.90 Å². The van der Waals surface area contributed by atoms with Gasteiger partial charge < -0.3 is 20.5 Å². The first-order valence-corrected chi connectivity index (χ1v) is 9.17. The zero-order valence-corrected chi connectivity index (χ0v) is 16.1. The molecule has 0 saturated heterocycles. The van der Waals surface area contributed by atoms with Gasteiger partial charge in [-0.15, -0.1) is 0 Å². The molecular weight excluding hydrogens is 360 g/mol. The van der Waals surface area contributed by atoms with Crippen molar-refractivity contribution in [2.24, 2.45) is 5.92 Å². The molecule has 2 aromatic rings. The Hall–Kier alpha value is -3.29. The van der Waals surface area contributed by atoms with E-state index in [1.807, 2.05) is 26.8 Å². The number of fused-ring (bicyclic) bond motifs is 1. The lowest BCUT2D eigenvalue weighted by molar-refractivity contribution is -0.129. The average Bonchev–Trinajstić information content (AvgIpc) is 2.65. The van der Waals surface area contributed by atoms with E-state index in [0.29, 0.717) is 23.8 Å². The van der Waals surface area contributed by atoms with Gasteiger partial charge in [0.15, 0.2) is 17.7 Å². The van der Waals surface area contributed by atoms with Gasteiger partial charge in [-0.25, -0.2) is 4.98 Å². The highest BCUT2D eigenvalue weighted by Crippen LogP contribution is 2.34. The Kier molecular flexibility index (Phi) is 5.67. The van der Waals surface area contributed by atoms with Crippen molar-refractivity contribution in [1.82, 2.24) is 4.98 Å². The van der Waals surface area contributed by atoms with Gasteiger partial charge in [-0.2, -0.15) is 0 Å². The SMILES string of the molecule is CCOc1ccccc1NC(=O)CN1C(=O)C(C(C)C)Oc2ccc(N)nc21. The van der Waals surface area contributed by atoms with E-state index >= 15 is 0 Å². The lowest BCUT2D eigenvalue weighted by Gasteiger charge is -2.34. The number of nitrogens with two attached hydrogens (primary N) is 1. The Labute approximate surface area is 163 Å². The normalized spacial score (nSPS) is 15.8. The number of hydrogen-bond acceptors (Lipinski definition) is 6.